The quantitative estimate of drug-likeness (QED) is 0.155. The third kappa shape index (κ3) is 17.8. The Morgan fingerprint density at radius 3 is 1.80 bits per heavy atom. The number of hydrogen-bond acceptors (Lipinski definition) is 10. The molecule has 1 aromatic rings. The number of ether oxygens (including phenoxy) is 5. The summed E-state index contributed by atoms with van der Waals surface area (Å²) < 4.78 is 27.5. The number of carbonyl (C=O) groups is 5. The second-order valence-electron chi connectivity index (χ2n) is 15.2. The lowest BCUT2D eigenvalue weighted by Crippen LogP contribution is -2.57. The van der Waals surface area contributed by atoms with Gasteiger partial charge in [-0.3, -0.25) is 9.69 Å². The average molecular weight is 667 g/mol. The maximum atomic E-state index is 13.7. The Hall–Kier alpha value is -3.61. The Balaban J connectivity index is 3.53. The molecule has 1 rings (SSSR count). The van der Waals surface area contributed by atoms with Crippen molar-refractivity contribution in [2.75, 3.05) is 13.2 Å². The predicted octanol–water partition coefficient (Wildman–Crippen LogP) is 5.84. The molecule has 46 heavy (non-hydrogen) atoms. The molecule has 0 aliphatic heterocycles. The van der Waals surface area contributed by atoms with E-state index in [1.54, 1.807) is 86.6 Å². The first kappa shape index (κ1) is 40.4. The second kappa shape index (κ2) is 16.8. The van der Waals surface area contributed by atoms with Gasteiger partial charge in [-0.1, -0.05) is 50.0 Å². The van der Waals surface area contributed by atoms with E-state index in [1.165, 1.54) is 0 Å². The van der Waals surface area contributed by atoms with Crippen LogP contribution in [-0.2, 0) is 44.7 Å². The summed E-state index contributed by atoms with van der Waals surface area (Å²) >= 11 is 0. The van der Waals surface area contributed by atoms with Gasteiger partial charge in [0.2, 0.25) is 0 Å². The zero-order chi connectivity index (χ0) is 35.5. The molecule has 12 nitrogen and oxygen atoms in total. The monoisotopic (exact) mass is 666 g/mol. The summed E-state index contributed by atoms with van der Waals surface area (Å²) in [5, 5.41) is 2.47. The van der Waals surface area contributed by atoms with Gasteiger partial charge in [-0.25, -0.2) is 19.2 Å². The maximum absolute atomic E-state index is 13.7. The highest BCUT2D eigenvalue weighted by Crippen LogP contribution is 2.21. The molecule has 0 aliphatic rings. The first-order chi connectivity index (χ1) is 20.8. The molecule has 0 saturated heterocycles. The zero-order valence-electron chi connectivity index (χ0n) is 29.6. The normalized spacial score (nSPS) is 13.5. The molecule has 0 bridgehead atoms. The molecule has 0 fully saturated rings. The number of alkyl carbamates (subject to hydrolysis) is 1. The van der Waals surface area contributed by atoms with Crippen LogP contribution in [-0.4, -0.2) is 85.1 Å². The Morgan fingerprint density at radius 1 is 0.761 bits per heavy atom. The molecule has 0 heterocycles. The molecule has 260 valence electrons. The van der Waals surface area contributed by atoms with E-state index in [0.717, 1.165) is 4.90 Å². The fourth-order valence-corrected chi connectivity index (χ4v) is 4.44. The first-order valence-electron chi connectivity index (χ1n) is 15.4. The van der Waals surface area contributed by atoms with Crippen LogP contribution in [0.25, 0.3) is 0 Å². The fourth-order valence-electron chi connectivity index (χ4n) is 3.72. The Morgan fingerprint density at radius 2 is 1.30 bits per heavy atom. The molecule has 1 N–H and O–H groups in total. The highest BCUT2D eigenvalue weighted by Gasteiger charge is 2.41. The van der Waals surface area contributed by atoms with Gasteiger partial charge in [-0.2, -0.15) is 0 Å². The topological polar surface area (TPSA) is 147 Å². The van der Waals surface area contributed by atoms with Gasteiger partial charge in [0.05, 0.1) is 19.6 Å². The minimum atomic E-state index is -1.60. The molecular formula is C33H54N2O10Si. The number of carbonyl (C=O) groups excluding carboxylic acids is 5. The van der Waals surface area contributed by atoms with E-state index in [2.05, 4.69) is 25.0 Å². The van der Waals surface area contributed by atoms with E-state index in [9.17, 15) is 24.0 Å². The molecule has 1 aromatic carbocycles. The van der Waals surface area contributed by atoms with Gasteiger partial charge in [0.1, 0.15) is 35.5 Å². The van der Waals surface area contributed by atoms with Crippen LogP contribution in [0.2, 0.25) is 25.7 Å². The van der Waals surface area contributed by atoms with Gasteiger partial charge in [0.25, 0.3) is 0 Å². The van der Waals surface area contributed by atoms with Gasteiger partial charge in [-0.05, 0) is 73.9 Å². The molecule has 0 spiro atoms. The van der Waals surface area contributed by atoms with Crippen LogP contribution < -0.4 is 5.32 Å². The molecular weight excluding hydrogens is 612 g/mol. The number of nitrogens with one attached hydrogen (secondary N) is 1. The standard InChI is InChI=1S/C33H54N2O10Si/c1-31(2,3)43-26(36)20-25(28(38)44-32(4,5)6)35(30(40)45-33(7,8)9)21-24(27(37)41-18-19-46(10,11)12)34-29(39)42-22-23-16-14-13-15-17-23/h13-17,24-25H,18-22H2,1-12H3,(H,34,39)/t24-,25+/m1/s1. The van der Waals surface area contributed by atoms with Crippen molar-refractivity contribution in [3.63, 3.8) is 0 Å². The van der Waals surface area contributed by atoms with Crippen LogP contribution in [0.4, 0.5) is 9.59 Å². The van der Waals surface area contributed by atoms with Crippen molar-refractivity contribution in [3.8, 4) is 0 Å². The lowest BCUT2D eigenvalue weighted by molar-refractivity contribution is -0.168. The molecule has 0 aliphatic carbocycles. The number of benzene rings is 1. The van der Waals surface area contributed by atoms with Crippen molar-refractivity contribution in [2.24, 2.45) is 0 Å². The number of hydrogen-bond donors (Lipinski definition) is 1. The Bertz CT molecular complexity index is 1180. The van der Waals surface area contributed by atoms with Crippen LogP contribution in [0.5, 0.6) is 0 Å². The van der Waals surface area contributed by atoms with E-state index in [1.807, 2.05) is 6.07 Å². The molecule has 0 saturated carbocycles. The number of esters is 3. The summed E-state index contributed by atoms with van der Waals surface area (Å²) in [4.78, 5) is 67.6. The van der Waals surface area contributed by atoms with Crippen LogP contribution in [0.15, 0.2) is 30.3 Å². The van der Waals surface area contributed by atoms with Crippen LogP contribution in [0.3, 0.4) is 0 Å². The maximum Gasteiger partial charge on any atom is 0.411 e. The number of amides is 2. The van der Waals surface area contributed by atoms with Crippen molar-refractivity contribution >= 4 is 38.2 Å². The number of nitrogens with zero attached hydrogens (tertiary/aromatic N) is 1. The molecule has 0 radical (unpaired) electrons. The van der Waals surface area contributed by atoms with Crippen molar-refractivity contribution < 1.29 is 47.7 Å². The lowest BCUT2D eigenvalue weighted by atomic mass is 10.1. The average Bonchev–Trinajstić information content (AvgIpc) is 2.85. The first-order valence-corrected chi connectivity index (χ1v) is 19.1. The third-order valence-electron chi connectivity index (χ3n) is 5.73. The van der Waals surface area contributed by atoms with Crippen LogP contribution >= 0.6 is 0 Å². The van der Waals surface area contributed by atoms with Gasteiger partial charge >= 0.3 is 30.1 Å². The minimum absolute atomic E-state index is 0.0843. The second-order valence-corrected chi connectivity index (χ2v) is 20.8. The highest BCUT2D eigenvalue weighted by atomic mass is 28.3. The van der Waals surface area contributed by atoms with E-state index in [0.29, 0.717) is 11.6 Å². The summed E-state index contributed by atoms with van der Waals surface area (Å²) in [7, 11) is -1.60. The minimum Gasteiger partial charge on any atom is -0.464 e. The molecule has 2 atom stereocenters. The van der Waals surface area contributed by atoms with Gasteiger partial charge < -0.3 is 29.0 Å². The lowest BCUT2D eigenvalue weighted by Gasteiger charge is -2.35. The zero-order valence-corrected chi connectivity index (χ0v) is 30.6. The smallest absolute Gasteiger partial charge is 0.411 e. The Kier molecular flexibility index (Phi) is 14.8. The summed E-state index contributed by atoms with van der Waals surface area (Å²) in [5.41, 5.74) is -2.18. The largest absolute Gasteiger partial charge is 0.464 e. The summed E-state index contributed by atoms with van der Waals surface area (Å²) in [6.45, 7) is 20.5. The van der Waals surface area contributed by atoms with Crippen molar-refractivity contribution in [1.82, 2.24) is 10.2 Å². The van der Waals surface area contributed by atoms with Gasteiger partial charge in [-0.15, -0.1) is 0 Å². The molecule has 2 amide bonds. The Labute approximate surface area is 274 Å². The van der Waals surface area contributed by atoms with E-state index >= 15 is 0 Å². The summed E-state index contributed by atoms with van der Waals surface area (Å²) in [6, 6.07) is 6.50. The highest BCUT2D eigenvalue weighted by molar-refractivity contribution is 6.76. The molecule has 0 aromatic heterocycles. The summed E-state index contributed by atoms with van der Waals surface area (Å²) in [5.74, 6) is -2.58. The predicted molar refractivity (Wildman–Crippen MR) is 176 cm³/mol. The van der Waals surface area contributed by atoms with Crippen molar-refractivity contribution in [1.29, 1.82) is 0 Å². The summed E-state index contributed by atoms with van der Waals surface area (Å²) in [6.07, 6.45) is -2.59. The van der Waals surface area contributed by atoms with Gasteiger partial charge in [0.15, 0.2) is 0 Å². The molecule has 0 unspecified atom stereocenters. The van der Waals surface area contributed by atoms with Crippen LogP contribution in [0, 0.1) is 0 Å². The van der Waals surface area contributed by atoms with E-state index in [4.69, 9.17) is 23.7 Å². The van der Waals surface area contributed by atoms with E-state index < -0.39 is 80.0 Å². The van der Waals surface area contributed by atoms with Crippen molar-refractivity contribution in [3.05, 3.63) is 35.9 Å². The number of rotatable bonds is 13. The van der Waals surface area contributed by atoms with Crippen molar-refractivity contribution in [2.45, 2.75) is 130 Å². The SMILES string of the molecule is CC(C)(C)OC(=O)C[C@@H](C(=O)OC(C)(C)C)N(C[C@@H](NC(=O)OCc1ccccc1)C(=O)OCC[Si](C)(C)C)C(=O)OC(C)(C)C. The van der Waals surface area contributed by atoms with E-state index in [-0.39, 0.29) is 13.2 Å². The van der Waals surface area contributed by atoms with Gasteiger partial charge in [0, 0.05) is 8.07 Å². The fraction of sp³-hybridized carbons (Fsp3) is 0.667. The molecule has 13 heteroatoms. The van der Waals surface area contributed by atoms with Crippen LogP contribution in [0.1, 0.15) is 74.3 Å². The third-order valence-corrected chi connectivity index (χ3v) is 7.43.